The summed E-state index contributed by atoms with van der Waals surface area (Å²) < 4.78 is 50.4. The van der Waals surface area contributed by atoms with Gasteiger partial charge in [0.15, 0.2) is 0 Å². The molecule has 1 fully saturated rings. The van der Waals surface area contributed by atoms with Gasteiger partial charge in [-0.3, -0.25) is 9.59 Å². The number of hydrogen-bond donors (Lipinski definition) is 1. The average molecular weight is 332 g/mol. The van der Waals surface area contributed by atoms with E-state index >= 15 is 0 Å². The number of rotatable bonds is 3. The fourth-order valence-corrected chi connectivity index (χ4v) is 2.50. The van der Waals surface area contributed by atoms with Gasteiger partial charge in [0.2, 0.25) is 0 Å². The lowest BCUT2D eigenvalue weighted by atomic mass is 9.96. The Morgan fingerprint density at radius 3 is 2.35 bits per heavy atom. The van der Waals surface area contributed by atoms with E-state index in [4.69, 9.17) is 0 Å². The fourth-order valence-electron chi connectivity index (χ4n) is 2.50. The van der Waals surface area contributed by atoms with Crippen LogP contribution in [0.25, 0.3) is 0 Å². The highest BCUT2D eigenvalue weighted by Gasteiger charge is 2.43. The number of nitrogens with one attached hydrogen (secondary N) is 1. The third-order valence-corrected chi connectivity index (χ3v) is 3.81. The monoisotopic (exact) mass is 332 g/mol. The number of hydrogen-bond acceptors (Lipinski definition) is 2. The fraction of sp³-hybridized carbons (Fsp3) is 0.467. The molecule has 8 heteroatoms. The largest absolute Gasteiger partial charge is 0.471 e. The Morgan fingerprint density at radius 2 is 1.78 bits per heavy atom. The van der Waals surface area contributed by atoms with Gasteiger partial charge >= 0.3 is 12.1 Å². The minimum absolute atomic E-state index is 0.00141. The first-order valence-electron chi connectivity index (χ1n) is 7.18. The topological polar surface area (TPSA) is 49.4 Å². The van der Waals surface area contributed by atoms with Crippen LogP contribution in [0.4, 0.5) is 17.6 Å². The number of alkyl halides is 3. The van der Waals surface area contributed by atoms with Crippen molar-refractivity contribution in [2.24, 2.45) is 5.92 Å². The van der Waals surface area contributed by atoms with Gasteiger partial charge < -0.3 is 10.2 Å². The molecule has 1 aliphatic heterocycles. The molecule has 0 aliphatic carbocycles. The van der Waals surface area contributed by atoms with Crippen molar-refractivity contribution in [1.82, 2.24) is 10.2 Å². The zero-order valence-electron chi connectivity index (χ0n) is 12.2. The molecule has 23 heavy (non-hydrogen) atoms. The molecule has 0 spiro atoms. The van der Waals surface area contributed by atoms with Gasteiger partial charge in [0.1, 0.15) is 5.82 Å². The minimum Gasteiger partial charge on any atom is -0.352 e. The van der Waals surface area contributed by atoms with Crippen molar-refractivity contribution >= 4 is 11.8 Å². The molecule has 1 aromatic carbocycles. The standard InChI is InChI=1S/C15H16F4N2O2/c16-12-4-2-1-3-11(12)13(22)20-9-10-5-7-21(8-6-10)14(23)15(17,18)19/h1-4,10H,5-9H2,(H,20,22). The Morgan fingerprint density at radius 1 is 1.17 bits per heavy atom. The van der Waals surface area contributed by atoms with E-state index in [0.29, 0.717) is 12.8 Å². The molecule has 1 heterocycles. The van der Waals surface area contributed by atoms with Gasteiger partial charge in [0.05, 0.1) is 5.56 Å². The molecular weight excluding hydrogens is 316 g/mol. The molecule has 0 saturated carbocycles. The quantitative estimate of drug-likeness (QED) is 0.864. The Labute approximate surface area is 130 Å². The van der Waals surface area contributed by atoms with Crippen molar-refractivity contribution in [2.45, 2.75) is 19.0 Å². The molecule has 2 amide bonds. The summed E-state index contributed by atoms with van der Waals surface area (Å²) >= 11 is 0. The molecular formula is C15H16F4N2O2. The maximum absolute atomic E-state index is 13.4. The third-order valence-electron chi connectivity index (χ3n) is 3.81. The van der Waals surface area contributed by atoms with E-state index in [0.717, 1.165) is 4.90 Å². The summed E-state index contributed by atoms with van der Waals surface area (Å²) in [6.45, 7) is 0.234. The first kappa shape index (κ1) is 17.2. The maximum Gasteiger partial charge on any atom is 0.471 e. The van der Waals surface area contributed by atoms with Crippen LogP contribution in [0.15, 0.2) is 24.3 Å². The molecule has 0 radical (unpaired) electrons. The van der Waals surface area contributed by atoms with Crippen LogP contribution >= 0.6 is 0 Å². The van der Waals surface area contributed by atoms with Gasteiger partial charge in [-0.05, 0) is 30.9 Å². The SMILES string of the molecule is O=C(NCC1CCN(C(=O)C(F)(F)F)CC1)c1ccccc1F. The van der Waals surface area contributed by atoms with E-state index in [-0.39, 0.29) is 31.1 Å². The van der Waals surface area contributed by atoms with E-state index in [9.17, 15) is 27.2 Å². The van der Waals surface area contributed by atoms with E-state index in [1.807, 2.05) is 0 Å². The lowest BCUT2D eigenvalue weighted by Crippen LogP contribution is -2.46. The molecule has 1 aromatic rings. The number of benzene rings is 1. The van der Waals surface area contributed by atoms with Crippen LogP contribution in [-0.2, 0) is 4.79 Å². The Kier molecular flexibility index (Phi) is 5.23. The zero-order chi connectivity index (χ0) is 17.0. The van der Waals surface area contributed by atoms with Gasteiger partial charge in [0.25, 0.3) is 5.91 Å². The summed E-state index contributed by atoms with van der Waals surface area (Å²) in [6.07, 6.45) is -4.13. The molecule has 0 atom stereocenters. The lowest BCUT2D eigenvalue weighted by Gasteiger charge is -2.32. The Hall–Kier alpha value is -2.12. The molecule has 1 aliphatic rings. The van der Waals surface area contributed by atoms with Gasteiger partial charge in [0, 0.05) is 19.6 Å². The predicted octanol–water partition coefficient (Wildman–Crippen LogP) is 2.36. The highest BCUT2D eigenvalue weighted by atomic mass is 19.4. The summed E-state index contributed by atoms with van der Waals surface area (Å²) in [5.41, 5.74) is -0.0721. The number of nitrogens with zero attached hydrogens (tertiary/aromatic N) is 1. The number of carbonyl (C=O) groups is 2. The third kappa shape index (κ3) is 4.43. The lowest BCUT2D eigenvalue weighted by molar-refractivity contribution is -0.186. The molecule has 1 saturated heterocycles. The van der Waals surface area contributed by atoms with Crippen molar-refractivity contribution < 1.29 is 27.2 Å². The Bertz CT molecular complexity index is 581. The van der Waals surface area contributed by atoms with Gasteiger partial charge in [-0.2, -0.15) is 13.2 Å². The molecule has 0 unspecified atom stereocenters. The minimum atomic E-state index is -4.86. The maximum atomic E-state index is 13.4. The normalized spacial score (nSPS) is 16.3. The summed E-state index contributed by atoms with van der Waals surface area (Å²) in [7, 11) is 0. The van der Waals surface area contributed by atoms with E-state index in [2.05, 4.69) is 5.32 Å². The van der Waals surface area contributed by atoms with Crippen LogP contribution in [0.3, 0.4) is 0 Å². The van der Waals surface area contributed by atoms with Crippen molar-refractivity contribution in [3.05, 3.63) is 35.6 Å². The second kappa shape index (κ2) is 6.97. The van der Waals surface area contributed by atoms with Crippen molar-refractivity contribution in [3.63, 3.8) is 0 Å². The number of likely N-dealkylation sites (tertiary alicyclic amines) is 1. The van der Waals surface area contributed by atoms with Crippen LogP contribution in [0.2, 0.25) is 0 Å². The van der Waals surface area contributed by atoms with Gasteiger partial charge in [-0.15, -0.1) is 0 Å². The number of halogens is 4. The van der Waals surface area contributed by atoms with Crippen LogP contribution in [0, 0.1) is 11.7 Å². The van der Waals surface area contributed by atoms with Crippen LogP contribution in [0.1, 0.15) is 23.2 Å². The van der Waals surface area contributed by atoms with Crippen LogP contribution in [-0.4, -0.2) is 42.5 Å². The summed E-state index contributed by atoms with van der Waals surface area (Å²) in [5.74, 6) is -3.05. The van der Waals surface area contributed by atoms with Crippen molar-refractivity contribution in [2.75, 3.05) is 19.6 Å². The highest BCUT2D eigenvalue weighted by Crippen LogP contribution is 2.23. The van der Waals surface area contributed by atoms with E-state index < -0.39 is 23.8 Å². The first-order valence-corrected chi connectivity index (χ1v) is 7.18. The second-order valence-corrected chi connectivity index (χ2v) is 5.42. The molecule has 4 nitrogen and oxygen atoms in total. The summed E-state index contributed by atoms with van der Waals surface area (Å²) in [4.78, 5) is 23.7. The number of carbonyl (C=O) groups excluding carboxylic acids is 2. The van der Waals surface area contributed by atoms with Gasteiger partial charge in [-0.1, -0.05) is 12.1 Å². The first-order chi connectivity index (χ1) is 10.8. The average Bonchev–Trinajstić information content (AvgIpc) is 2.52. The number of piperidine rings is 1. The predicted molar refractivity (Wildman–Crippen MR) is 74.1 cm³/mol. The number of amides is 2. The molecule has 0 aromatic heterocycles. The molecule has 0 bridgehead atoms. The van der Waals surface area contributed by atoms with Gasteiger partial charge in [-0.25, -0.2) is 4.39 Å². The van der Waals surface area contributed by atoms with Crippen LogP contribution < -0.4 is 5.32 Å². The van der Waals surface area contributed by atoms with E-state index in [1.165, 1.54) is 18.2 Å². The molecule has 1 N–H and O–H groups in total. The smallest absolute Gasteiger partial charge is 0.352 e. The molecule has 126 valence electrons. The highest BCUT2D eigenvalue weighted by molar-refractivity contribution is 5.94. The summed E-state index contributed by atoms with van der Waals surface area (Å²) in [6, 6.07) is 5.55. The van der Waals surface area contributed by atoms with Crippen LogP contribution in [0.5, 0.6) is 0 Å². The Balaban J connectivity index is 1.80. The zero-order valence-corrected chi connectivity index (χ0v) is 12.2. The second-order valence-electron chi connectivity index (χ2n) is 5.42. The van der Waals surface area contributed by atoms with E-state index in [1.54, 1.807) is 6.07 Å². The summed E-state index contributed by atoms with van der Waals surface area (Å²) in [5, 5.41) is 2.58. The van der Waals surface area contributed by atoms with Crippen molar-refractivity contribution in [3.8, 4) is 0 Å². The van der Waals surface area contributed by atoms with Crippen molar-refractivity contribution in [1.29, 1.82) is 0 Å². The molecule has 2 rings (SSSR count).